The van der Waals surface area contributed by atoms with Crippen molar-refractivity contribution in [2.45, 2.75) is 32.9 Å². The minimum atomic E-state index is -0.442. The lowest BCUT2D eigenvalue weighted by atomic mass is 10.0. The predicted molar refractivity (Wildman–Crippen MR) is 87.9 cm³/mol. The largest absolute Gasteiger partial charge is 0.468 e. The lowest BCUT2D eigenvalue weighted by Gasteiger charge is -2.19. The standard InChI is InChI=1S/C17H26N2O4/c1-13(2)15(16(20)22-3)18-10-7-11-19-17(21)23-12-14-8-5-4-6-9-14/h4-6,8-9,13,15,18H,7,10-12H2,1-3H3,(H,19,21). The fraction of sp³-hybridized carbons (Fsp3) is 0.529. The van der Waals surface area contributed by atoms with Crippen LogP contribution in [0.25, 0.3) is 0 Å². The summed E-state index contributed by atoms with van der Waals surface area (Å²) in [6.07, 6.45) is 0.253. The minimum absolute atomic E-state index is 0.145. The van der Waals surface area contributed by atoms with Gasteiger partial charge in [0.2, 0.25) is 0 Å². The van der Waals surface area contributed by atoms with Gasteiger partial charge in [-0.25, -0.2) is 4.79 Å². The smallest absolute Gasteiger partial charge is 0.407 e. The van der Waals surface area contributed by atoms with Gasteiger partial charge in [-0.3, -0.25) is 4.79 Å². The number of carbonyl (C=O) groups excluding carboxylic acids is 2. The molecule has 128 valence electrons. The molecule has 0 bridgehead atoms. The molecule has 1 amide bonds. The number of methoxy groups -OCH3 is 1. The summed E-state index contributed by atoms with van der Waals surface area (Å²) in [4.78, 5) is 23.1. The fourth-order valence-corrected chi connectivity index (χ4v) is 2.03. The number of amides is 1. The Hall–Kier alpha value is -2.08. The summed E-state index contributed by atoms with van der Waals surface area (Å²) in [6, 6.07) is 9.18. The third-order valence-electron chi connectivity index (χ3n) is 3.32. The van der Waals surface area contributed by atoms with Gasteiger partial charge in [-0.1, -0.05) is 44.2 Å². The molecule has 0 aromatic heterocycles. The molecule has 0 saturated carbocycles. The molecular formula is C17H26N2O4. The first-order valence-electron chi connectivity index (χ1n) is 7.80. The minimum Gasteiger partial charge on any atom is -0.468 e. The normalized spacial score (nSPS) is 11.8. The van der Waals surface area contributed by atoms with E-state index in [1.807, 2.05) is 44.2 Å². The van der Waals surface area contributed by atoms with Gasteiger partial charge in [0.1, 0.15) is 12.6 Å². The Labute approximate surface area is 137 Å². The predicted octanol–water partition coefficient (Wildman–Crippen LogP) is 2.09. The molecule has 0 aliphatic carbocycles. The molecule has 0 saturated heterocycles. The number of rotatable bonds is 9. The van der Waals surface area contributed by atoms with Gasteiger partial charge in [0.15, 0.2) is 0 Å². The molecule has 0 heterocycles. The maximum absolute atomic E-state index is 11.6. The van der Waals surface area contributed by atoms with Crippen LogP contribution in [-0.2, 0) is 20.9 Å². The maximum Gasteiger partial charge on any atom is 0.407 e. The molecule has 0 radical (unpaired) electrons. The highest BCUT2D eigenvalue weighted by Gasteiger charge is 2.21. The van der Waals surface area contributed by atoms with Crippen molar-refractivity contribution >= 4 is 12.1 Å². The van der Waals surface area contributed by atoms with E-state index in [1.165, 1.54) is 7.11 Å². The van der Waals surface area contributed by atoms with Gasteiger partial charge >= 0.3 is 12.1 Å². The van der Waals surface area contributed by atoms with Crippen LogP contribution in [0.5, 0.6) is 0 Å². The van der Waals surface area contributed by atoms with E-state index in [1.54, 1.807) is 0 Å². The Morgan fingerprint density at radius 2 is 1.83 bits per heavy atom. The van der Waals surface area contributed by atoms with Crippen molar-refractivity contribution in [1.29, 1.82) is 0 Å². The molecule has 6 heteroatoms. The van der Waals surface area contributed by atoms with E-state index in [0.29, 0.717) is 19.5 Å². The second-order valence-corrected chi connectivity index (χ2v) is 5.54. The molecule has 2 N–H and O–H groups in total. The molecule has 0 fully saturated rings. The average molecular weight is 322 g/mol. The highest BCUT2D eigenvalue weighted by atomic mass is 16.5. The summed E-state index contributed by atoms with van der Waals surface area (Å²) >= 11 is 0. The zero-order valence-electron chi connectivity index (χ0n) is 14.0. The van der Waals surface area contributed by atoms with Crippen molar-refractivity contribution < 1.29 is 19.1 Å². The summed E-state index contributed by atoms with van der Waals surface area (Å²) in [5.74, 6) is -0.124. The van der Waals surface area contributed by atoms with E-state index in [0.717, 1.165) is 5.56 Å². The molecule has 0 aliphatic heterocycles. The quantitative estimate of drug-likeness (QED) is 0.538. The molecule has 6 nitrogen and oxygen atoms in total. The van der Waals surface area contributed by atoms with Crippen molar-refractivity contribution in [2.75, 3.05) is 20.2 Å². The highest BCUT2D eigenvalue weighted by Crippen LogP contribution is 2.03. The van der Waals surface area contributed by atoms with Crippen LogP contribution in [0.4, 0.5) is 4.79 Å². The van der Waals surface area contributed by atoms with Gasteiger partial charge < -0.3 is 20.1 Å². The van der Waals surface area contributed by atoms with E-state index in [-0.39, 0.29) is 24.5 Å². The summed E-state index contributed by atoms with van der Waals surface area (Å²) in [6.45, 7) is 5.24. The Morgan fingerprint density at radius 3 is 2.43 bits per heavy atom. The van der Waals surface area contributed by atoms with Gasteiger partial charge in [-0.15, -0.1) is 0 Å². The lowest BCUT2D eigenvalue weighted by molar-refractivity contribution is -0.144. The van der Waals surface area contributed by atoms with Crippen molar-refractivity contribution in [2.24, 2.45) is 5.92 Å². The third kappa shape index (κ3) is 7.65. The van der Waals surface area contributed by atoms with Gasteiger partial charge in [0.05, 0.1) is 7.11 Å². The second kappa shape index (κ2) is 10.6. The van der Waals surface area contributed by atoms with Gasteiger partial charge in [0.25, 0.3) is 0 Å². The monoisotopic (exact) mass is 322 g/mol. The van der Waals surface area contributed by atoms with Crippen LogP contribution >= 0.6 is 0 Å². The SMILES string of the molecule is COC(=O)C(NCCCNC(=O)OCc1ccccc1)C(C)C. The highest BCUT2D eigenvalue weighted by molar-refractivity contribution is 5.75. The van der Waals surface area contributed by atoms with E-state index >= 15 is 0 Å². The molecule has 0 spiro atoms. The Kier molecular flexibility index (Phi) is 8.75. The third-order valence-corrected chi connectivity index (χ3v) is 3.32. The molecule has 23 heavy (non-hydrogen) atoms. The van der Waals surface area contributed by atoms with Crippen LogP contribution in [-0.4, -0.2) is 38.3 Å². The Morgan fingerprint density at radius 1 is 1.13 bits per heavy atom. The van der Waals surface area contributed by atoms with E-state index in [9.17, 15) is 9.59 Å². The van der Waals surface area contributed by atoms with Gasteiger partial charge in [-0.2, -0.15) is 0 Å². The first-order valence-corrected chi connectivity index (χ1v) is 7.80. The van der Waals surface area contributed by atoms with Crippen LogP contribution in [0.2, 0.25) is 0 Å². The summed E-state index contributed by atoms with van der Waals surface area (Å²) in [7, 11) is 1.38. The average Bonchev–Trinajstić information content (AvgIpc) is 2.56. The Bertz CT molecular complexity index is 477. The number of hydrogen-bond donors (Lipinski definition) is 2. The molecule has 1 unspecified atom stereocenters. The fourth-order valence-electron chi connectivity index (χ4n) is 2.03. The molecule has 1 aromatic carbocycles. The number of alkyl carbamates (subject to hydrolysis) is 1. The van der Waals surface area contributed by atoms with Gasteiger partial charge in [-0.05, 0) is 24.4 Å². The van der Waals surface area contributed by atoms with E-state index < -0.39 is 6.09 Å². The molecule has 1 atom stereocenters. The molecule has 1 rings (SSSR count). The van der Waals surface area contributed by atoms with E-state index in [2.05, 4.69) is 10.6 Å². The maximum atomic E-state index is 11.6. The summed E-state index contributed by atoms with van der Waals surface area (Å²) in [5.41, 5.74) is 0.946. The van der Waals surface area contributed by atoms with Crippen LogP contribution in [0.1, 0.15) is 25.8 Å². The van der Waals surface area contributed by atoms with Crippen molar-refractivity contribution in [1.82, 2.24) is 10.6 Å². The molecule has 1 aromatic rings. The number of benzene rings is 1. The van der Waals surface area contributed by atoms with Crippen molar-refractivity contribution in [3.63, 3.8) is 0 Å². The number of esters is 1. The molecule has 0 aliphatic rings. The second-order valence-electron chi connectivity index (χ2n) is 5.54. The van der Waals surface area contributed by atoms with Crippen LogP contribution in [0.3, 0.4) is 0 Å². The van der Waals surface area contributed by atoms with Crippen LogP contribution in [0, 0.1) is 5.92 Å². The Balaban J connectivity index is 2.14. The van der Waals surface area contributed by atoms with Crippen LogP contribution < -0.4 is 10.6 Å². The number of carbonyl (C=O) groups is 2. The summed E-state index contributed by atoms with van der Waals surface area (Å²) in [5, 5.41) is 5.82. The zero-order valence-corrected chi connectivity index (χ0v) is 14.0. The summed E-state index contributed by atoms with van der Waals surface area (Å²) < 4.78 is 9.86. The van der Waals surface area contributed by atoms with Crippen molar-refractivity contribution in [3.8, 4) is 0 Å². The van der Waals surface area contributed by atoms with Crippen LogP contribution in [0.15, 0.2) is 30.3 Å². The first-order chi connectivity index (χ1) is 11.0. The number of ether oxygens (including phenoxy) is 2. The lowest BCUT2D eigenvalue weighted by Crippen LogP contribution is -2.42. The zero-order chi connectivity index (χ0) is 17.1. The topological polar surface area (TPSA) is 76.7 Å². The van der Waals surface area contributed by atoms with E-state index in [4.69, 9.17) is 9.47 Å². The number of hydrogen-bond acceptors (Lipinski definition) is 5. The molecular weight excluding hydrogens is 296 g/mol. The van der Waals surface area contributed by atoms with Gasteiger partial charge in [0, 0.05) is 6.54 Å². The first kappa shape index (κ1) is 19.0. The van der Waals surface area contributed by atoms with Crippen molar-refractivity contribution in [3.05, 3.63) is 35.9 Å². The number of nitrogens with one attached hydrogen (secondary N) is 2.